The third-order valence-corrected chi connectivity index (χ3v) is 0.144. The SMILES string of the molecule is C[C-](C)C.C[C-](C)C.[CH2-]CO[CH2-].[U+2].[V+2]. The maximum Gasteiger partial charge on any atom is 2.00 e. The van der Waals surface area contributed by atoms with Gasteiger partial charge in [0.05, 0.1) is 0 Å². The molecule has 0 aromatic heterocycles. The Morgan fingerprint density at radius 1 is 0.929 bits per heavy atom. The van der Waals surface area contributed by atoms with Crippen molar-refractivity contribution in [3.8, 4) is 0 Å². The first-order valence-electron chi connectivity index (χ1n) is 4.08. The van der Waals surface area contributed by atoms with E-state index in [1.807, 2.05) is 0 Å². The van der Waals surface area contributed by atoms with Gasteiger partial charge in [0.2, 0.25) is 0 Å². The van der Waals surface area contributed by atoms with E-state index in [4.69, 9.17) is 0 Å². The molecular weight excluding hydrogens is 437 g/mol. The Balaban J connectivity index is -0.0000000270. The van der Waals surface area contributed by atoms with Crippen molar-refractivity contribution in [2.24, 2.45) is 0 Å². The van der Waals surface area contributed by atoms with Crippen molar-refractivity contribution < 1.29 is 54.4 Å². The van der Waals surface area contributed by atoms with E-state index < -0.39 is 0 Å². The van der Waals surface area contributed by atoms with Gasteiger partial charge < -0.3 is 23.5 Å². The van der Waals surface area contributed by atoms with Crippen LogP contribution in [-0.4, -0.2) is 6.61 Å². The van der Waals surface area contributed by atoms with Gasteiger partial charge in [-0.2, -0.15) is 41.5 Å². The molecule has 83 valence electrons. The quantitative estimate of drug-likeness (QED) is 0.539. The Morgan fingerprint density at radius 2 is 1.00 bits per heavy atom. The molecule has 1 nitrogen and oxygen atoms in total. The van der Waals surface area contributed by atoms with E-state index in [1.54, 1.807) is 0 Å². The van der Waals surface area contributed by atoms with Crippen LogP contribution >= 0.6 is 0 Å². The molecule has 3 heteroatoms. The fourth-order valence-corrected chi connectivity index (χ4v) is 0. The molecule has 0 rings (SSSR count). The summed E-state index contributed by atoms with van der Waals surface area (Å²) in [5.74, 6) is 2.83. The fourth-order valence-electron chi connectivity index (χ4n) is 0. The first kappa shape index (κ1) is 29.6. The number of ether oxygens (including phenoxy) is 1. The van der Waals surface area contributed by atoms with Gasteiger partial charge in [0.1, 0.15) is 0 Å². The summed E-state index contributed by atoms with van der Waals surface area (Å²) in [7, 11) is 3.04. The van der Waals surface area contributed by atoms with Crippen molar-refractivity contribution in [1.82, 2.24) is 0 Å². The van der Waals surface area contributed by atoms with E-state index in [9.17, 15) is 0 Å². The summed E-state index contributed by atoms with van der Waals surface area (Å²) in [6, 6.07) is 0. The predicted octanol–water partition coefficient (Wildman–Crippen LogP) is 3.87. The van der Waals surface area contributed by atoms with Crippen LogP contribution in [0, 0.1) is 57.0 Å². The smallest absolute Gasteiger partial charge is 0.581 e. The zero-order valence-corrected chi connectivity index (χ0v) is 16.0. The Kier molecular flexibility index (Phi) is 61.9. The Morgan fingerprint density at radius 3 is 1.00 bits per heavy atom. The van der Waals surface area contributed by atoms with Crippen molar-refractivity contribution in [3.63, 3.8) is 0 Å². The van der Waals surface area contributed by atoms with Crippen molar-refractivity contribution in [1.29, 1.82) is 0 Å². The summed E-state index contributed by atoms with van der Waals surface area (Å²) in [4.78, 5) is 0. The van der Waals surface area contributed by atoms with Crippen LogP contribution < -0.4 is 0 Å². The molecule has 0 aliphatic rings. The van der Waals surface area contributed by atoms with Crippen molar-refractivity contribution in [2.75, 3.05) is 6.61 Å². The third kappa shape index (κ3) is 320. The molecule has 0 atom stereocenters. The van der Waals surface area contributed by atoms with Crippen LogP contribution in [0.5, 0.6) is 0 Å². The maximum atomic E-state index is 4.18. The Bertz CT molecular complexity index is 45.7. The topological polar surface area (TPSA) is 9.23 Å². The number of hydrogen-bond donors (Lipinski definition) is 0. The second-order valence-corrected chi connectivity index (χ2v) is 3.41. The first-order chi connectivity index (χ1) is 5.38. The molecule has 0 N–H and O–H groups in total. The second-order valence-electron chi connectivity index (χ2n) is 3.41. The molecule has 0 amide bonds. The number of hydrogen-bond acceptors (Lipinski definition) is 1. The van der Waals surface area contributed by atoms with Gasteiger partial charge >= 0.3 is 49.7 Å². The molecule has 0 aliphatic carbocycles. The number of rotatable bonds is 1. The van der Waals surface area contributed by atoms with Gasteiger partial charge in [0.15, 0.2) is 0 Å². The molecule has 1 radical (unpaired) electrons. The van der Waals surface area contributed by atoms with E-state index in [0.29, 0.717) is 6.61 Å². The molecule has 0 saturated heterocycles. The van der Waals surface area contributed by atoms with Crippen LogP contribution in [0.4, 0.5) is 0 Å². The van der Waals surface area contributed by atoms with E-state index in [0.717, 1.165) is 0 Å². The molecule has 14 heavy (non-hydrogen) atoms. The molecule has 0 fully saturated rings. The minimum Gasteiger partial charge on any atom is -0.581 e. The summed E-state index contributed by atoms with van der Waals surface area (Å²) in [5, 5.41) is 0. The Hall–Kier alpha value is 1.60. The van der Waals surface area contributed by atoms with Crippen molar-refractivity contribution >= 4 is 0 Å². The summed E-state index contributed by atoms with van der Waals surface area (Å²) in [5.41, 5.74) is 0. The molecule has 0 aliphatic heterocycles. The molecule has 0 spiro atoms. The van der Waals surface area contributed by atoms with Crippen LogP contribution in [0.25, 0.3) is 0 Å². The molecule has 0 saturated carbocycles. The van der Waals surface area contributed by atoms with Crippen LogP contribution in [0.15, 0.2) is 0 Å². The van der Waals surface area contributed by atoms with Gasteiger partial charge in [-0.25, -0.2) is 7.11 Å². The van der Waals surface area contributed by atoms with Crippen molar-refractivity contribution in [3.05, 3.63) is 25.9 Å². The normalized spacial score (nSPS) is 7.29. The predicted molar refractivity (Wildman–Crippen MR) is 57.2 cm³/mol. The van der Waals surface area contributed by atoms with E-state index in [2.05, 4.69) is 60.3 Å². The van der Waals surface area contributed by atoms with Gasteiger partial charge in [-0.3, -0.25) is 0 Å². The summed E-state index contributed by atoms with van der Waals surface area (Å²) >= 11 is 0. The monoisotopic (exact) mass is 461 g/mol. The van der Waals surface area contributed by atoms with E-state index >= 15 is 0 Å². The molecule has 0 aromatic carbocycles. The standard InChI is InChI=1S/2C4H9.C3H6O.U.V/c2*1-4(2)3;1-3-4-2;;/h2*1-3H3;1-3H2;;/q2*-1;-2;2*+2. The summed E-state index contributed by atoms with van der Waals surface area (Å²) < 4.78 is 4.18. The zero-order chi connectivity index (χ0) is 10.6. The van der Waals surface area contributed by atoms with Crippen LogP contribution in [0.3, 0.4) is 0 Å². The van der Waals surface area contributed by atoms with Crippen LogP contribution in [0.2, 0.25) is 0 Å². The molecular formula is C11H24OUV. The zero-order valence-electron chi connectivity index (χ0n) is 10.5. The molecule has 0 aromatic rings. The van der Waals surface area contributed by atoms with Crippen LogP contribution in [0.1, 0.15) is 41.5 Å². The maximum absolute atomic E-state index is 4.18. The average molecular weight is 461 g/mol. The first-order valence-corrected chi connectivity index (χ1v) is 4.08. The van der Waals surface area contributed by atoms with Gasteiger partial charge in [-0.1, -0.05) is 0 Å². The largest absolute Gasteiger partial charge is 2.00 e. The Labute approximate surface area is 127 Å². The minimum absolute atomic E-state index is 0. The van der Waals surface area contributed by atoms with E-state index in [-0.39, 0.29) is 49.7 Å². The molecule has 0 unspecified atom stereocenters. The van der Waals surface area contributed by atoms with Gasteiger partial charge in [0, 0.05) is 0 Å². The van der Waals surface area contributed by atoms with E-state index in [1.165, 1.54) is 11.8 Å². The third-order valence-electron chi connectivity index (χ3n) is 0.144. The molecule has 0 heterocycles. The van der Waals surface area contributed by atoms with Gasteiger partial charge in [-0.05, 0) is 0 Å². The van der Waals surface area contributed by atoms with Crippen LogP contribution in [-0.2, 0) is 23.3 Å². The summed E-state index contributed by atoms with van der Waals surface area (Å²) in [6.07, 6.45) is 0. The van der Waals surface area contributed by atoms with Gasteiger partial charge in [0.25, 0.3) is 0 Å². The summed E-state index contributed by atoms with van der Waals surface area (Å²) in [6.45, 7) is 16.3. The second kappa shape index (κ2) is 29.3. The van der Waals surface area contributed by atoms with Gasteiger partial charge in [-0.15, -0.1) is 6.61 Å². The van der Waals surface area contributed by atoms with Crippen molar-refractivity contribution in [2.45, 2.75) is 41.5 Å². The fraction of sp³-hybridized carbons (Fsp3) is 0.636. The molecule has 0 bridgehead atoms. The minimum atomic E-state index is 0. The average Bonchev–Trinajstić information content (AvgIpc) is 1.85.